The average Bonchev–Trinajstić information content (AvgIpc) is 2.66. The van der Waals surface area contributed by atoms with Gasteiger partial charge in [0.2, 0.25) is 0 Å². The number of aliphatic hydroxyl groups is 1. The molecular formula is C16H21FO2. The fraction of sp³-hybridized carbons (Fsp3) is 0.625. The van der Waals surface area contributed by atoms with E-state index in [1.807, 2.05) is 0 Å². The first-order chi connectivity index (χ1) is 9.24. The SMILES string of the molecule is OC1CC(C2CCCCCC2)Oc2cc(F)ccc21. The van der Waals surface area contributed by atoms with Gasteiger partial charge in [0.15, 0.2) is 0 Å². The monoisotopic (exact) mass is 264 g/mol. The van der Waals surface area contributed by atoms with Crippen molar-refractivity contribution >= 4 is 0 Å². The molecule has 104 valence electrons. The lowest BCUT2D eigenvalue weighted by Gasteiger charge is -2.34. The van der Waals surface area contributed by atoms with E-state index >= 15 is 0 Å². The molecule has 0 amide bonds. The summed E-state index contributed by atoms with van der Waals surface area (Å²) in [7, 11) is 0. The lowest BCUT2D eigenvalue weighted by atomic mass is 9.87. The Balaban J connectivity index is 1.79. The molecule has 0 bridgehead atoms. The van der Waals surface area contributed by atoms with Crippen LogP contribution in [0.3, 0.4) is 0 Å². The lowest BCUT2D eigenvalue weighted by molar-refractivity contribution is 0.0294. The molecule has 0 spiro atoms. The minimum atomic E-state index is -0.516. The van der Waals surface area contributed by atoms with E-state index in [1.165, 1.54) is 50.7 Å². The third-order valence-electron chi connectivity index (χ3n) is 4.49. The number of rotatable bonds is 1. The zero-order chi connectivity index (χ0) is 13.2. The lowest BCUT2D eigenvalue weighted by Crippen LogP contribution is -2.32. The number of benzene rings is 1. The third-order valence-corrected chi connectivity index (χ3v) is 4.49. The van der Waals surface area contributed by atoms with Crippen molar-refractivity contribution in [2.24, 2.45) is 5.92 Å². The average molecular weight is 264 g/mol. The summed E-state index contributed by atoms with van der Waals surface area (Å²) >= 11 is 0. The number of hydrogen-bond donors (Lipinski definition) is 1. The summed E-state index contributed by atoms with van der Waals surface area (Å²) in [5.41, 5.74) is 0.728. The molecule has 3 heteroatoms. The predicted octanol–water partition coefficient (Wildman–Crippen LogP) is 3.98. The molecule has 1 aliphatic heterocycles. The Hall–Kier alpha value is -1.09. The maximum absolute atomic E-state index is 13.3. The Kier molecular flexibility index (Phi) is 3.74. The Morgan fingerprint density at radius 3 is 2.58 bits per heavy atom. The summed E-state index contributed by atoms with van der Waals surface area (Å²) < 4.78 is 19.3. The molecular weight excluding hydrogens is 243 g/mol. The Morgan fingerprint density at radius 1 is 1.11 bits per heavy atom. The van der Waals surface area contributed by atoms with Crippen molar-refractivity contribution in [2.75, 3.05) is 0 Å². The van der Waals surface area contributed by atoms with Gasteiger partial charge in [0.05, 0.1) is 6.10 Å². The van der Waals surface area contributed by atoms with Crippen LogP contribution in [-0.4, -0.2) is 11.2 Å². The highest BCUT2D eigenvalue weighted by atomic mass is 19.1. The minimum absolute atomic E-state index is 0.0439. The van der Waals surface area contributed by atoms with Crippen LogP contribution in [0.25, 0.3) is 0 Å². The summed E-state index contributed by atoms with van der Waals surface area (Å²) in [6.07, 6.45) is 7.61. The third kappa shape index (κ3) is 2.76. The van der Waals surface area contributed by atoms with Gasteiger partial charge in [-0.25, -0.2) is 4.39 Å². The Labute approximate surface area is 113 Å². The van der Waals surface area contributed by atoms with Crippen molar-refractivity contribution in [3.8, 4) is 5.75 Å². The van der Waals surface area contributed by atoms with Crippen molar-refractivity contribution in [3.63, 3.8) is 0 Å². The van der Waals surface area contributed by atoms with E-state index in [0.717, 1.165) is 5.56 Å². The normalized spacial score (nSPS) is 28.3. The molecule has 1 heterocycles. The van der Waals surface area contributed by atoms with Crippen LogP contribution in [0.4, 0.5) is 4.39 Å². The first-order valence-corrected chi connectivity index (χ1v) is 7.38. The maximum Gasteiger partial charge on any atom is 0.128 e. The van der Waals surface area contributed by atoms with Crippen LogP contribution in [-0.2, 0) is 0 Å². The fourth-order valence-electron chi connectivity index (χ4n) is 3.42. The van der Waals surface area contributed by atoms with E-state index in [0.29, 0.717) is 18.1 Å². The van der Waals surface area contributed by atoms with Crippen LogP contribution in [0.2, 0.25) is 0 Å². The van der Waals surface area contributed by atoms with Crippen molar-refractivity contribution in [1.29, 1.82) is 0 Å². The second-order valence-corrected chi connectivity index (χ2v) is 5.84. The van der Waals surface area contributed by atoms with Gasteiger partial charge < -0.3 is 9.84 Å². The van der Waals surface area contributed by atoms with Gasteiger partial charge in [-0.05, 0) is 30.9 Å². The molecule has 1 aromatic carbocycles. The molecule has 3 rings (SSSR count). The van der Waals surface area contributed by atoms with Crippen LogP contribution in [0.1, 0.15) is 56.6 Å². The highest BCUT2D eigenvalue weighted by Crippen LogP contribution is 2.40. The van der Waals surface area contributed by atoms with Crippen molar-refractivity contribution in [3.05, 3.63) is 29.6 Å². The number of ether oxygens (including phenoxy) is 1. The molecule has 19 heavy (non-hydrogen) atoms. The van der Waals surface area contributed by atoms with E-state index in [1.54, 1.807) is 6.07 Å². The Morgan fingerprint density at radius 2 is 1.84 bits per heavy atom. The summed E-state index contributed by atoms with van der Waals surface area (Å²) in [5.74, 6) is 0.744. The maximum atomic E-state index is 13.3. The quantitative estimate of drug-likeness (QED) is 0.777. The molecule has 1 saturated carbocycles. The fourth-order valence-corrected chi connectivity index (χ4v) is 3.42. The molecule has 1 N–H and O–H groups in total. The number of fused-ring (bicyclic) bond motifs is 1. The van der Waals surface area contributed by atoms with Gasteiger partial charge in [-0.3, -0.25) is 0 Å². The zero-order valence-corrected chi connectivity index (χ0v) is 11.1. The highest BCUT2D eigenvalue weighted by Gasteiger charge is 2.32. The van der Waals surface area contributed by atoms with Crippen LogP contribution < -0.4 is 4.74 Å². The van der Waals surface area contributed by atoms with Gasteiger partial charge in [-0.15, -0.1) is 0 Å². The van der Waals surface area contributed by atoms with Gasteiger partial charge >= 0.3 is 0 Å². The van der Waals surface area contributed by atoms with Crippen molar-refractivity contribution < 1.29 is 14.2 Å². The van der Waals surface area contributed by atoms with Gasteiger partial charge in [0.25, 0.3) is 0 Å². The molecule has 2 nitrogen and oxygen atoms in total. The van der Waals surface area contributed by atoms with Crippen LogP contribution >= 0.6 is 0 Å². The first-order valence-electron chi connectivity index (χ1n) is 7.38. The van der Waals surface area contributed by atoms with E-state index in [2.05, 4.69) is 0 Å². The van der Waals surface area contributed by atoms with Crippen LogP contribution in [0, 0.1) is 11.7 Å². The van der Waals surface area contributed by atoms with Crippen molar-refractivity contribution in [2.45, 2.75) is 57.2 Å². The van der Waals surface area contributed by atoms with E-state index in [9.17, 15) is 9.50 Å². The van der Waals surface area contributed by atoms with Gasteiger partial charge in [-0.1, -0.05) is 25.7 Å². The minimum Gasteiger partial charge on any atom is -0.490 e. The molecule has 0 radical (unpaired) electrons. The van der Waals surface area contributed by atoms with Gasteiger partial charge in [-0.2, -0.15) is 0 Å². The smallest absolute Gasteiger partial charge is 0.128 e. The molecule has 0 aromatic heterocycles. The number of hydrogen-bond acceptors (Lipinski definition) is 2. The van der Waals surface area contributed by atoms with Gasteiger partial charge in [0, 0.05) is 18.1 Å². The summed E-state index contributed by atoms with van der Waals surface area (Å²) in [5, 5.41) is 10.2. The zero-order valence-electron chi connectivity index (χ0n) is 11.1. The molecule has 1 aliphatic carbocycles. The van der Waals surface area contributed by atoms with Crippen molar-refractivity contribution in [1.82, 2.24) is 0 Å². The standard InChI is InChI=1S/C16H21FO2/c17-12-7-8-13-14(18)10-15(19-16(13)9-12)11-5-3-1-2-4-6-11/h7-9,11,14-15,18H,1-6,10H2. The largest absolute Gasteiger partial charge is 0.490 e. The topological polar surface area (TPSA) is 29.5 Å². The van der Waals surface area contributed by atoms with Crippen LogP contribution in [0.15, 0.2) is 18.2 Å². The highest BCUT2D eigenvalue weighted by molar-refractivity contribution is 5.37. The van der Waals surface area contributed by atoms with E-state index in [4.69, 9.17) is 4.74 Å². The van der Waals surface area contributed by atoms with Gasteiger partial charge in [0.1, 0.15) is 17.7 Å². The summed E-state index contributed by atoms with van der Waals surface area (Å²) in [4.78, 5) is 0. The number of aliphatic hydroxyl groups excluding tert-OH is 1. The molecule has 2 atom stereocenters. The molecule has 2 unspecified atom stereocenters. The molecule has 2 aliphatic rings. The van der Waals surface area contributed by atoms with E-state index in [-0.39, 0.29) is 11.9 Å². The summed E-state index contributed by atoms with van der Waals surface area (Å²) in [6.45, 7) is 0. The Bertz CT molecular complexity index is 438. The summed E-state index contributed by atoms with van der Waals surface area (Å²) in [6, 6.07) is 4.43. The molecule has 0 saturated heterocycles. The second kappa shape index (κ2) is 5.49. The van der Waals surface area contributed by atoms with Crippen LogP contribution in [0.5, 0.6) is 5.75 Å². The first kappa shape index (κ1) is 12.9. The van der Waals surface area contributed by atoms with E-state index < -0.39 is 6.10 Å². The molecule has 1 aromatic rings. The second-order valence-electron chi connectivity index (χ2n) is 5.84. The predicted molar refractivity (Wildman–Crippen MR) is 71.6 cm³/mol. The molecule has 1 fully saturated rings. The number of halogens is 1.